The zero-order chi connectivity index (χ0) is 12.4. The molecule has 1 aliphatic heterocycles. The summed E-state index contributed by atoms with van der Waals surface area (Å²) in [5, 5.41) is 4.89. The lowest BCUT2D eigenvalue weighted by Gasteiger charge is -2.22. The van der Waals surface area contributed by atoms with Crippen LogP contribution in [0.15, 0.2) is 18.2 Å². The minimum atomic E-state index is 0.643. The first-order chi connectivity index (χ1) is 8.85. The summed E-state index contributed by atoms with van der Waals surface area (Å²) >= 11 is 1.87. The van der Waals surface area contributed by atoms with E-state index in [-0.39, 0.29) is 0 Å². The van der Waals surface area contributed by atoms with Gasteiger partial charge in [-0.1, -0.05) is 19.4 Å². The number of benzene rings is 1. The standard InChI is InChI=1S/C15H20N2S/c1-2-11-6-7-13-14(9-11)18-15(17-13)10-12-5-3-4-8-16-12/h6-7,9,12,16H,2-5,8,10H2,1H3. The predicted octanol–water partition coefficient (Wildman–Crippen LogP) is 3.54. The number of fused-ring (bicyclic) bond motifs is 1. The van der Waals surface area contributed by atoms with Gasteiger partial charge in [-0.05, 0) is 43.5 Å². The Kier molecular flexibility index (Phi) is 3.62. The lowest BCUT2D eigenvalue weighted by molar-refractivity contribution is 0.399. The van der Waals surface area contributed by atoms with Gasteiger partial charge in [-0.15, -0.1) is 11.3 Å². The lowest BCUT2D eigenvalue weighted by atomic mass is 10.0. The molecule has 18 heavy (non-hydrogen) atoms. The largest absolute Gasteiger partial charge is 0.314 e. The molecular formula is C15H20N2S. The fraction of sp³-hybridized carbons (Fsp3) is 0.533. The van der Waals surface area contributed by atoms with Crippen molar-refractivity contribution < 1.29 is 0 Å². The van der Waals surface area contributed by atoms with Crippen molar-refractivity contribution in [3.8, 4) is 0 Å². The van der Waals surface area contributed by atoms with Crippen molar-refractivity contribution in [3.63, 3.8) is 0 Å². The maximum absolute atomic E-state index is 4.76. The Balaban J connectivity index is 1.79. The first-order valence-corrected chi connectivity index (χ1v) is 7.78. The molecule has 1 aromatic heterocycles. The van der Waals surface area contributed by atoms with E-state index in [1.54, 1.807) is 0 Å². The maximum atomic E-state index is 4.76. The summed E-state index contributed by atoms with van der Waals surface area (Å²) in [4.78, 5) is 4.76. The zero-order valence-corrected chi connectivity index (χ0v) is 11.7. The molecule has 2 aromatic rings. The summed E-state index contributed by atoms with van der Waals surface area (Å²) in [6.07, 6.45) is 6.20. The second-order valence-corrected chi connectivity index (χ2v) is 6.23. The second kappa shape index (κ2) is 5.37. The van der Waals surface area contributed by atoms with Gasteiger partial charge in [-0.2, -0.15) is 0 Å². The van der Waals surface area contributed by atoms with Crippen LogP contribution in [0.3, 0.4) is 0 Å². The van der Waals surface area contributed by atoms with Gasteiger partial charge in [0.2, 0.25) is 0 Å². The van der Waals surface area contributed by atoms with Crippen LogP contribution < -0.4 is 5.32 Å². The van der Waals surface area contributed by atoms with Crippen molar-refractivity contribution in [3.05, 3.63) is 28.8 Å². The molecule has 1 aliphatic rings. The summed E-state index contributed by atoms with van der Waals surface area (Å²) in [7, 11) is 0. The first kappa shape index (κ1) is 12.1. The molecule has 0 radical (unpaired) electrons. The van der Waals surface area contributed by atoms with Crippen LogP contribution >= 0.6 is 11.3 Å². The van der Waals surface area contributed by atoms with Crippen molar-refractivity contribution in [2.75, 3.05) is 6.54 Å². The molecule has 1 unspecified atom stereocenters. The number of hydrogen-bond acceptors (Lipinski definition) is 3. The van der Waals surface area contributed by atoms with Crippen LogP contribution in [0.1, 0.15) is 36.8 Å². The summed E-state index contributed by atoms with van der Waals surface area (Å²) in [5.74, 6) is 0. The molecule has 3 heteroatoms. The van der Waals surface area contributed by atoms with Crippen molar-refractivity contribution in [2.45, 2.75) is 45.1 Å². The third kappa shape index (κ3) is 2.57. The van der Waals surface area contributed by atoms with Crippen LogP contribution in [0.4, 0.5) is 0 Å². The number of aromatic nitrogens is 1. The van der Waals surface area contributed by atoms with Crippen LogP contribution in [0.5, 0.6) is 0 Å². The molecule has 3 rings (SSSR count). The maximum Gasteiger partial charge on any atom is 0.0954 e. The van der Waals surface area contributed by atoms with Gasteiger partial charge in [-0.3, -0.25) is 0 Å². The molecule has 0 amide bonds. The highest BCUT2D eigenvalue weighted by atomic mass is 32.1. The van der Waals surface area contributed by atoms with Gasteiger partial charge < -0.3 is 5.32 Å². The van der Waals surface area contributed by atoms with Crippen molar-refractivity contribution in [2.24, 2.45) is 0 Å². The van der Waals surface area contributed by atoms with Crippen LogP contribution in [-0.2, 0) is 12.8 Å². The van der Waals surface area contributed by atoms with Crippen LogP contribution in [0, 0.1) is 0 Å². The molecule has 0 aliphatic carbocycles. The fourth-order valence-corrected chi connectivity index (χ4v) is 3.74. The average Bonchev–Trinajstić information content (AvgIpc) is 2.80. The Labute approximate surface area is 112 Å². The van der Waals surface area contributed by atoms with E-state index in [1.807, 2.05) is 11.3 Å². The summed E-state index contributed by atoms with van der Waals surface area (Å²) in [6, 6.07) is 7.31. The van der Waals surface area contributed by atoms with Crippen LogP contribution in [-0.4, -0.2) is 17.6 Å². The van der Waals surface area contributed by atoms with Crippen molar-refractivity contribution in [1.82, 2.24) is 10.3 Å². The van der Waals surface area contributed by atoms with E-state index in [9.17, 15) is 0 Å². The molecule has 2 heterocycles. The second-order valence-electron chi connectivity index (χ2n) is 5.11. The lowest BCUT2D eigenvalue weighted by Crippen LogP contribution is -2.35. The van der Waals surface area contributed by atoms with Gasteiger partial charge >= 0.3 is 0 Å². The van der Waals surface area contributed by atoms with Gasteiger partial charge in [0.05, 0.1) is 15.2 Å². The molecule has 0 spiro atoms. The highest BCUT2D eigenvalue weighted by Gasteiger charge is 2.15. The van der Waals surface area contributed by atoms with Crippen molar-refractivity contribution >= 4 is 21.6 Å². The number of piperidine rings is 1. The number of hydrogen-bond donors (Lipinski definition) is 1. The van der Waals surface area contributed by atoms with Crippen LogP contribution in [0.25, 0.3) is 10.2 Å². The zero-order valence-electron chi connectivity index (χ0n) is 10.9. The molecule has 0 saturated carbocycles. The Bertz CT molecular complexity index is 526. The van der Waals surface area contributed by atoms with E-state index in [0.29, 0.717) is 6.04 Å². The topological polar surface area (TPSA) is 24.9 Å². The van der Waals surface area contributed by atoms with Gasteiger partial charge in [0.15, 0.2) is 0 Å². The van der Waals surface area contributed by atoms with E-state index >= 15 is 0 Å². The highest BCUT2D eigenvalue weighted by molar-refractivity contribution is 7.18. The van der Waals surface area contributed by atoms with E-state index < -0.39 is 0 Å². The molecule has 1 saturated heterocycles. The molecule has 1 fully saturated rings. The molecule has 1 atom stereocenters. The van der Waals surface area contributed by atoms with Crippen molar-refractivity contribution in [1.29, 1.82) is 0 Å². The number of nitrogens with zero attached hydrogens (tertiary/aromatic N) is 1. The molecule has 1 aromatic carbocycles. The van der Waals surface area contributed by atoms with Gasteiger partial charge in [-0.25, -0.2) is 4.98 Å². The Morgan fingerprint density at radius 1 is 1.39 bits per heavy atom. The quantitative estimate of drug-likeness (QED) is 0.913. The first-order valence-electron chi connectivity index (χ1n) is 6.97. The predicted molar refractivity (Wildman–Crippen MR) is 78.3 cm³/mol. The van der Waals surface area contributed by atoms with Gasteiger partial charge in [0.1, 0.15) is 0 Å². The molecule has 2 nitrogen and oxygen atoms in total. The molecular weight excluding hydrogens is 240 g/mol. The molecule has 0 bridgehead atoms. The smallest absolute Gasteiger partial charge is 0.0954 e. The van der Waals surface area contributed by atoms with E-state index in [2.05, 4.69) is 30.4 Å². The van der Waals surface area contributed by atoms with E-state index in [1.165, 1.54) is 46.6 Å². The summed E-state index contributed by atoms with van der Waals surface area (Å²) < 4.78 is 1.35. The van der Waals surface area contributed by atoms with Gasteiger partial charge in [0.25, 0.3) is 0 Å². The Hall–Kier alpha value is -0.930. The normalized spacial score (nSPS) is 20.4. The average molecular weight is 260 g/mol. The number of thiazole rings is 1. The van der Waals surface area contributed by atoms with E-state index in [4.69, 9.17) is 4.98 Å². The highest BCUT2D eigenvalue weighted by Crippen LogP contribution is 2.25. The minimum Gasteiger partial charge on any atom is -0.314 e. The molecule has 1 N–H and O–H groups in total. The SMILES string of the molecule is CCc1ccc2nc(CC3CCCCN3)sc2c1. The van der Waals surface area contributed by atoms with E-state index in [0.717, 1.165) is 12.8 Å². The minimum absolute atomic E-state index is 0.643. The van der Waals surface area contributed by atoms with Gasteiger partial charge in [0, 0.05) is 12.5 Å². The number of nitrogens with one attached hydrogen (secondary N) is 1. The monoisotopic (exact) mass is 260 g/mol. The third-order valence-electron chi connectivity index (χ3n) is 3.74. The summed E-state index contributed by atoms with van der Waals surface area (Å²) in [5.41, 5.74) is 2.58. The number of rotatable bonds is 3. The summed E-state index contributed by atoms with van der Waals surface area (Å²) in [6.45, 7) is 3.38. The fourth-order valence-electron chi connectivity index (χ4n) is 2.63. The third-order valence-corrected chi connectivity index (χ3v) is 4.78. The number of aryl methyl sites for hydroxylation is 1. The Morgan fingerprint density at radius 2 is 2.33 bits per heavy atom. The van der Waals surface area contributed by atoms with Crippen LogP contribution in [0.2, 0.25) is 0 Å². The molecule has 96 valence electrons. The Morgan fingerprint density at radius 3 is 3.11 bits per heavy atom.